The maximum atomic E-state index is 14.6. The second-order valence-electron chi connectivity index (χ2n) is 12.5. The van der Waals surface area contributed by atoms with Crippen LogP contribution < -0.4 is 20.4 Å². The average Bonchev–Trinajstić information content (AvgIpc) is 3.02. The van der Waals surface area contributed by atoms with Crippen molar-refractivity contribution in [2.24, 2.45) is 5.92 Å². The highest BCUT2D eigenvalue weighted by atomic mass is 32.2. The van der Waals surface area contributed by atoms with Crippen LogP contribution in [0, 0.1) is 17.8 Å². The van der Waals surface area contributed by atoms with Crippen LogP contribution in [0.5, 0.6) is 0 Å². The summed E-state index contributed by atoms with van der Waals surface area (Å²) in [6.45, 7) is 4.58. The van der Waals surface area contributed by atoms with E-state index in [9.17, 15) is 17.6 Å². The zero-order valence-corrected chi connectivity index (χ0v) is 27.6. The smallest absolute Gasteiger partial charge is 0.296 e. The number of nitrogens with zero attached hydrogens (tertiary/aromatic N) is 5. The summed E-state index contributed by atoms with van der Waals surface area (Å²) in [6, 6.07) is 7.63. The number of carbonyl (C=O) groups excluding carboxylic acids is 1. The molecule has 3 saturated heterocycles. The van der Waals surface area contributed by atoms with Crippen LogP contribution >= 0.6 is 0 Å². The molecule has 14 heteroatoms. The molecule has 3 aliphatic heterocycles. The summed E-state index contributed by atoms with van der Waals surface area (Å²) < 4.78 is 49.5. The van der Waals surface area contributed by atoms with E-state index in [0.29, 0.717) is 63.3 Å². The molecule has 0 radical (unpaired) electrons. The first-order valence-corrected chi connectivity index (χ1v) is 17.9. The molecular formula is C33H40FN7O5S. The minimum absolute atomic E-state index is 0.0690. The van der Waals surface area contributed by atoms with Crippen molar-refractivity contribution in [3.05, 3.63) is 42.2 Å². The van der Waals surface area contributed by atoms with E-state index < -0.39 is 22.1 Å². The Morgan fingerprint density at radius 2 is 1.96 bits per heavy atom. The topological polar surface area (TPSA) is 139 Å². The molecule has 3 aliphatic rings. The Hall–Kier alpha value is -4.06. The van der Waals surface area contributed by atoms with E-state index in [1.165, 1.54) is 13.4 Å². The van der Waals surface area contributed by atoms with E-state index in [1.54, 1.807) is 19.2 Å². The fraction of sp³-hybridized carbons (Fsp3) is 0.515. The van der Waals surface area contributed by atoms with Crippen LogP contribution in [0.1, 0.15) is 31.2 Å². The van der Waals surface area contributed by atoms with Crippen LogP contribution in [0.3, 0.4) is 0 Å². The summed E-state index contributed by atoms with van der Waals surface area (Å²) in [5, 5.41) is 8.21. The molecule has 47 heavy (non-hydrogen) atoms. The first kappa shape index (κ1) is 32.9. The predicted octanol–water partition coefficient (Wildman–Crippen LogP) is 2.82. The molecule has 0 saturated carbocycles. The monoisotopic (exact) mass is 665 g/mol. The van der Waals surface area contributed by atoms with Crippen molar-refractivity contribution in [1.29, 1.82) is 0 Å². The maximum Gasteiger partial charge on any atom is 0.296 e. The third-order valence-electron chi connectivity index (χ3n) is 9.03. The quantitative estimate of drug-likeness (QED) is 0.327. The Bertz CT molecular complexity index is 1790. The normalized spacial score (nSPS) is 23.5. The van der Waals surface area contributed by atoms with E-state index >= 15 is 0 Å². The van der Waals surface area contributed by atoms with Gasteiger partial charge in [0.2, 0.25) is 5.95 Å². The Balaban J connectivity index is 1.32. The Labute approximate surface area is 274 Å². The lowest BCUT2D eigenvalue weighted by atomic mass is 9.85. The number of alkyl halides is 1. The zero-order chi connectivity index (χ0) is 33.1. The predicted molar refractivity (Wildman–Crippen MR) is 179 cm³/mol. The van der Waals surface area contributed by atoms with Gasteiger partial charge in [-0.1, -0.05) is 12.0 Å². The first-order valence-electron chi connectivity index (χ1n) is 15.8. The molecule has 3 aromatic rings. The van der Waals surface area contributed by atoms with Crippen molar-refractivity contribution >= 4 is 49.8 Å². The Morgan fingerprint density at radius 3 is 2.70 bits per heavy atom. The summed E-state index contributed by atoms with van der Waals surface area (Å²) in [4.78, 5) is 30.2. The SMILES string of the molecule is CC#CC(=O)N[C@H]1CCOC[C@H]1c1ccc(N2CC(CS(C)(=O)=O)C2)c2cnc(Nc3ccnc(N4CC[C@@H](OC)[C@@H](F)C4)n3)cc12. The summed E-state index contributed by atoms with van der Waals surface area (Å²) in [7, 11) is -1.54. The number of aromatic nitrogens is 3. The van der Waals surface area contributed by atoms with Crippen LogP contribution in [0.2, 0.25) is 0 Å². The standard InChI is InChI=1S/C33H40FN7O5S/c1-4-5-32(42)37-27-10-13-46-19-25(27)22-6-7-28(41-16-21(17-41)20-47(3,43)44)24-15-36-31(14-23(22)24)38-30-8-11-35-33(39-30)40-12-9-29(45-2)26(34)18-40/h6-8,11,14-15,21,25-27,29H,9-10,12-13,16-20H2,1-3H3,(H,37,42)(H,35,36,38,39)/t25-,26-,27-,29+/m0/s1. The van der Waals surface area contributed by atoms with E-state index in [0.717, 1.165) is 22.0 Å². The van der Waals surface area contributed by atoms with Crippen LogP contribution in [-0.2, 0) is 24.1 Å². The van der Waals surface area contributed by atoms with E-state index in [1.807, 2.05) is 23.2 Å². The number of fused-ring (bicyclic) bond motifs is 1. The number of benzene rings is 1. The van der Waals surface area contributed by atoms with E-state index in [2.05, 4.69) is 43.4 Å². The van der Waals surface area contributed by atoms with Gasteiger partial charge in [-0.15, -0.1) is 0 Å². The van der Waals surface area contributed by atoms with Crippen LogP contribution in [0.25, 0.3) is 10.8 Å². The lowest BCUT2D eigenvalue weighted by molar-refractivity contribution is -0.117. The lowest BCUT2D eigenvalue weighted by Gasteiger charge is -2.41. The molecule has 0 unspecified atom stereocenters. The molecule has 3 fully saturated rings. The van der Waals surface area contributed by atoms with Crippen LogP contribution in [0.4, 0.5) is 27.7 Å². The van der Waals surface area contributed by atoms with Gasteiger partial charge in [-0.25, -0.2) is 22.8 Å². The second kappa shape index (κ2) is 14.0. The highest BCUT2D eigenvalue weighted by molar-refractivity contribution is 7.90. The number of pyridine rings is 1. The third-order valence-corrected chi connectivity index (χ3v) is 10.1. The number of sulfone groups is 1. The molecule has 6 rings (SSSR count). The van der Waals surface area contributed by atoms with Gasteiger partial charge in [-0.3, -0.25) is 4.79 Å². The van der Waals surface area contributed by atoms with E-state index in [-0.39, 0.29) is 36.1 Å². The molecule has 2 aromatic heterocycles. The Morgan fingerprint density at radius 1 is 1.13 bits per heavy atom. The number of piperidine rings is 1. The van der Waals surface area contributed by atoms with Gasteiger partial charge < -0.3 is 29.9 Å². The molecule has 5 heterocycles. The van der Waals surface area contributed by atoms with Gasteiger partial charge in [0, 0.05) is 81.0 Å². The second-order valence-corrected chi connectivity index (χ2v) is 14.7. The lowest BCUT2D eigenvalue weighted by Crippen LogP contribution is -2.49. The molecule has 1 aromatic carbocycles. The van der Waals surface area contributed by atoms with Crippen molar-refractivity contribution in [3.8, 4) is 11.8 Å². The fourth-order valence-electron chi connectivity index (χ4n) is 6.78. The molecule has 0 spiro atoms. The highest BCUT2D eigenvalue weighted by Gasteiger charge is 2.34. The molecule has 1 amide bonds. The Kier molecular flexibility index (Phi) is 9.77. The number of anilines is 4. The van der Waals surface area contributed by atoms with Crippen molar-refractivity contribution in [2.75, 3.05) is 73.6 Å². The van der Waals surface area contributed by atoms with Crippen LogP contribution in [0.15, 0.2) is 36.7 Å². The number of amides is 1. The molecule has 250 valence electrons. The minimum Gasteiger partial charge on any atom is -0.381 e. The fourth-order valence-corrected chi connectivity index (χ4v) is 7.85. The van der Waals surface area contributed by atoms with Gasteiger partial charge in [0.05, 0.1) is 25.0 Å². The van der Waals surface area contributed by atoms with Crippen LogP contribution in [-0.4, -0.2) is 106 Å². The van der Waals surface area contributed by atoms with Gasteiger partial charge in [0.1, 0.15) is 27.6 Å². The summed E-state index contributed by atoms with van der Waals surface area (Å²) in [6.07, 6.45) is 4.33. The number of halogens is 1. The number of hydrogen-bond donors (Lipinski definition) is 2. The van der Waals surface area contributed by atoms with Gasteiger partial charge in [-0.05, 0) is 54.8 Å². The molecule has 2 N–H and O–H groups in total. The first-order chi connectivity index (χ1) is 22.6. The average molecular weight is 666 g/mol. The minimum atomic E-state index is -3.07. The zero-order valence-electron chi connectivity index (χ0n) is 26.8. The molecular weight excluding hydrogens is 625 g/mol. The number of rotatable bonds is 9. The van der Waals surface area contributed by atoms with Gasteiger partial charge >= 0.3 is 0 Å². The summed E-state index contributed by atoms with van der Waals surface area (Å²) >= 11 is 0. The largest absolute Gasteiger partial charge is 0.381 e. The van der Waals surface area contributed by atoms with Crippen molar-refractivity contribution in [1.82, 2.24) is 20.3 Å². The number of ether oxygens (including phenoxy) is 2. The number of carbonyl (C=O) groups is 1. The number of hydrogen-bond acceptors (Lipinski definition) is 11. The third kappa shape index (κ3) is 7.58. The number of methoxy groups -OCH3 is 1. The van der Waals surface area contributed by atoms with Crippen molar-refractivity contribution < 1.29 is 27.1 Å². The summed E-state index contributed by atoms with van der Waals surface area (Å²) in [5.41, 5.74) is 1.96. The molecule has 0 aliphatic carbocycles. The molecule has 12 nitrogen and oxygen atoms in total. The van der Waals surface area contributed by atoms with Gasteiger partial charge in [0.15, 0.2) is 0 Å². The summed E-state index contributed by atoms with van der Waals surface area (Å²) in [5.74, 6) is 6.50. The number of nitrogens with one attached hydrogen (secondary N) is 2. The van der Waals surface area contributed by atoms with Gasteiger partial charge in [0.25, 0.3) is 5.91 Å². The highest BCUT2D eigenvalue weighted by Crippen LogP contribution is 2.39. The molecule has 0 bridgehead atoms. The van der Waals surface area contributed by atoms with Crippen molar-refractivity contribution in [2.45, 2.75) is 44.0 Å². The molecule has 4 atom stereocenters. The van der Waals surface area contributed by atoms with E-state index in [4.69, 9.17) is 14.5 Å². The van der Waals surface area contributed by atoms with Gasteiger partial charge in [-0.2, -0.15) is 4.98 Å². The van der Waals surface area contributed by atoms with Crippen molar-refractivity contribution in [3.63, 3.8) is 0 Å². The maximum absolute atomic E-state index is 14.6.